The van der Waals surface area contributed by atoms with Crippen molar-refractivity contribution in [3.8, 4) is 0 Å². The highest BCUT2D eigenvalue weighted by Crippen LogP contribution is 2.32. The molecule has 0 aliphatic rings. The van der Waals surface area contributed by atoms with Gasteiger partial charge in [-0.1, -0.05) is 20.8 Å². The lowest BCUT2D eigenvalue weighted by Gasteiger charge is -2.18. The van der Waals surface area contributed by atoms with Gasteiger partial charge in [0.2, 0.25) is 0 Å². The first kappa shape index (κ1) is 12.5. The highest BCUT2D eigenvalue weighted by Gasteiger charge is 2.13. The summed E-state index contributed by atoms with van der Waals surface area (Å²) in [7, 11) is 1.86. The number of benzene rings is 1. The molecule has 0 unspecified atom stereocenters. The lowest BCUT2D eigenvalue weighted by Crippen LogP contribution is -2.08. The van der Waals surface area contributed by atoms with E-state index < -0.39 is 0 Å². The maximum Gasteiger partial charge on any atom is 0.124 e. The summed E-state index contributed by atoms with van der Waals surface area (Å²) in [5, 5.41) is 3.03. The quantitative estimate of drug-likeness (QED) is 0.794. The standard InChI is InChI=1S/C12H18FNS/c1-12(2,3)15-11-6-9(8-14-4)5-10(13)7-11/h5-7,14H,8H2,1-4H3. The number of hydrogen-bond acceptors (Lipinski definition) is 2. The second kappa shape index (κ2) is 4.99. The fourth-order valence-corrected chi connectivity index (χ4v) is 2.43. The monoisotopic (exact) mass is 227 g/mol. The van der Waals surface area contributed by atoms with Gasteiger partial charge in [-0.05, 0) is 30.8 Å². The number of rotatable bonds is 3. The van der Waals surface area contributed by atoms with Crippen LogP contribution in [0.1, 0.15) is 26.3 Å². The molecule has 0 fully saturated rings. The van der Waals surface area contributed by atoms with Crippen molar-refractivity contribution in [2.45, 2.75) is 37.0 Å². The van der Waals surface area contributed by atoms with Crippen molar-refractivity contribution in [2.75, 3.05) is 7.05 Å². The molecule has 1 N–H and O–H groups in total. The van der Waals surface area contributed by atoms with Crippen molar-refractivity contribution in [3.05, 3.63) is 29.6 Å². The maximum atomic E-state index is 13.3. The summed E-state index contributed by atoms with van der Waals surface area (Å²) in [6, 6.07) is 5.20. The summed E-state index contributed by atoms with van der Waals surface area (Å²) in [5.74, 6) is -0.158. The first-order chi connectivity index (χ1) is 6.90. The summed E-state index contributed by atoms with van der Waals surface area (Å²) in [4.78, 5) is 0.993. The highest BCUT2D eigenvalue weighted by atomic mass is 32.2. The van der Waals surface area contributed by atoms with Crippen LogP contribution in [0.4, 0.5) is 4.39 Å². The van der Waals surface area contributed by atoms with Gasteiger partial charge in [-0.3, -0.25) is 0 Å². The third-order valence-electron chi connectivity index (χ3n) is 1.74. The molecule has 0 atom stereocenters. The Balaban J connectivity index is 2.88. The van der Waals surface area contributed by atoms with Crippen molar-refractivity contribution in [2.24, 2.45) is 0 Å². The van der Waals surface area contributed by atoms with Gasteiger partial charge in [-0.2, -0.15) is 0 Å². The topological polar surface area (TPSA) is 12.0 Å². The molecule has 84 valence electrons. The lowest BCUT2D eigenvalue weighted by atomic mass is 10.2. The summed E-state index contributed by atoms with van der Waals surface area (Å²) < 4.78 is 13.4. The largest absolute Gasteiger partial charge is 0.316 e. The third-order valence-corrected chi connectivity index (χ3v) is 2.82. The normalized spacial score (nSPS) is 11.8. The highest BCUT2D eigenvalue weighted by molar-refractivity contribution is 8.00. The van der Waals surface area contributed by atoms with E-state index in [9.17, 15) is 4.39 Å². The molecule has 0 spiro atoms. The Morgan fingerprint density at radius 3 is 2.47 bits per heavy atom. The fraction of sp³-hybridized carbons (Fsp3) is 0.500. The van der Waals surface area contributed by atoms with Gasteiger partial charge in [-0.25, -0.2) is 4.39 Å². The molecule has 3 heteroatoms. The Hall–Kier alpha value is -0.540. The van der Waals surface area contributed by atoms with Crippen LogP contribution in [0.2, 0.25) is 0 Å². The van der Waals surface area contributed by atoms with Gasteiger partial charge in [0, 0.05) is 16.2 Å². The fourth-order valence-electron chi connectivity index (χ4n) is 1.34. The summed E-state index contributed by atoms with van der Waals surface area (Å²) in [5.41, 5.74) is 0.990. The van der Waals surface area contributed by atoms with Gasteiger partial charge in [0.1, 0.15) is 5.82 Å². The zero-order chi connectivity index (χ0) is 11.5. The van der Waals surface area contributed by atoms with E-state index in [-0.39, 0.29) is 10.6 Å². The van der Waals surface area contributed by atoms with Crippen LogP contribution in [0, 0.1) is 5.82 Å². The molecule has 1 nitrogen and oxygen atoms in total. The van der Waals surface area contributed by atoms with Gasteiger partial charge in [-0.15, -0.1) is 11.8 Å². The summed E-state index contributed by atoms with van der Waals surface area (Å²) >= 11 is 1.69. The number of nitrogens with one attached hydrogen (secondary N) is 1. The smallest absolute Gasteiger partial charge is 0.124 e. The molecule has 0 aromatic heterocycles. The molecule has 1 rings (SSSR count). The van der Waals surface area contributed by atoms with Crippen molar-refractivity contribution in [1.29, 1.82) is 0 Å². The minimum absolute atomic E-state index is 0.116. The maximum absolute atomic E-state index is 13.3. The Kier molecular flexibility index (Phi) is 4.17. The zero-order valence-electron chi connectivity index (χ0n) is 9.73. The molecule has 15 heavy (non-hydrogen) atoms. The van der Waals surface area contributed by atoms with Gasteiger partial charge in [0.05, 0.1) is 0 Å². The van der Waals surface area contributed by atoms with Gasteiger partial charge >= 0.3 is 0 Å². The number of halogens is 1. The van der Waals surface area contributed by atoms with Crippen molar-refractivity contribution in [3.63, 3.8) is 0 Å². The Bertz CT molecular complexity index is 331. The first-order valence-corrected chi connectivity index (χ1v) is 5.85. The molecule has 0 radical (unpaired) electrons. The van der Waals surface area contributed by atoms with Crippen LogP contribution in [0.15, 0.2) is 23.1 Å². The first-order valence-electron chi connectivity index (χ1n) is 5.04. The van der Waals surface area contributed by atoms with Gasteiger partial charge in [0.25, 0.3) is 0 Å². The van der Waals surface area contributed by atoms with E-state index in [4.69, 9.17) is 0 Å². The van der Waals surface area contributed by atoms with Crippen LogP contribution in [0.3, 0.4) is 0 Å². The molecule has 1 aromatic rings. The third kappa shape index (κ3) is 4.67. The van der Waals surface area contributed by atoms with Crippen LogP contribution in [0.25, 0.3) is 0 Å². The molecular formula is C12H18FNS. The van der Waals surface area contributed by atoms with E-state index in [0.29, 0.717) is 6.54 Å². The SMILES string of the molecule is CNCc1cc(F)cc(SC(C)(C)C)c1. The molecule has 0 saturated carbocycles. The van der Waals surface area contributed by atoms with Crippen LogP contribution in [0.5, 0.6) is 0 Å². The van der Waals surface area contributed by atoms with Crippen molar-refractivity contribution in [1.82, 2.24) is 5.32 Å². The van der Waals surface area contributed by atoms with E-state index in [2.05, 4.69) is 26.1 Å². The minimum atomic E-state index is -0.158. The zero-order valence-corrected chi connectivity index (χ0v) is 10.5. The summed E-state index contributed by atoms with van der Waals surface area (Å²) in [6.45, 7) is 7.08. The predicted octanol–water partition coefficient (Wildman–Crippen LogP) is 3.44. The van der Waals surface area contributed by atoms with Crippen LogP contribution >= 0.6 is 11.8 Å². The Morgan fingerprint density at radius 1 is 1.27 bits per heavy atom. The number of hydrogen-bond donors (Lipinski definition) is 1. The van der Waals surface area contributed by atoms with E-state index in [1.807, 2.05) is 13.1 Å². The molecular weight excluding hydrogens is 209 g/mol. The Labute approximate surface area is 95.5 Å². The van der Waals surface area contributed by atoms with Gasteiger partial charge in [0.15, 0.2) is 0 Å². The average Bonchev–Trinajstić information content (AvgIpc) is 1.99. The van der Waals surface area contributed by atoms with Crippen LogP contribution in [-0.4, -0.2) is 11.8 Å². The van der Waals surface area contributed by atoms with Crippen molar-refractivity contribution < 1.29 is 4.39 Å². The molecule has 0 aliphatic heterocycles. The number of thioether (sulfide) groups is 1. The van der Waals surface area contributed by atoms with Gasteiger partial charge < -0.3 is 5.32 Å². The summed E-state index contributed by atoms with van der Waals surface area (Å²) in [6.07, 6.45) is 0. The second-order valence-electron chi connectivity index (χ2n) is 4.54. The minimum Gasteiger partial charge on any atom is -0.316 e. The molecule has 0 amide bonds. The second-order valence-corrected chi connectivity index (χ2v) is 6.44. The predicted molar refractivity (Wildman–Crippen MR) is 64.8 cm³/mol. The van der Waals surface area contributed by atoms with E-state index >= 15 is 0 Å². The molecule has 0 bridgehead atoms. The van der Waals surface area contributed by atoms with Crippen molar-refractivity contribution >= 4 is 11.8 Å². The Morgan fingerprint density at radius 2 is 1.93 bits per heavy atom. The van der Waals surface area contributed by atoms with Crippen LogP contribution < -0.4 is 5.32 Å². The molecule has 0 saturated heterocycles. The average molecular weight is 227 g/mol. The van der Waals surface area contributed by atoms with Crippen LogP contribution in [-0.2, 0) is 6.54 Å². The molecule has 0 heterocycles. The van der Waals surface area contributed by atoms with E-state index in [1.165, 1.54) is 0 Å². The van der Waals surface area contributed by atoms with E-state index in [1.54, 1.807) is 23.9 Å². The van der Waals surface area contributed by atoms with E-state index in [0.717, 1.165) is 10.5 Å². The lowest BCUT2D eigenvalue weighted by molar-refractivity contribution is 0.619. The molecule has 1 aromatic carbocycles. The molecule has 0 aliphatic carbocycles.